The molecule has 0 saturated heterocycles. The molecule has 0 saturated carbocycles. The van der Waals surface area contributed by atoms with Gasteiger partial charge >= 0.3 is 5.97 Å². The molecule has 0 fully saturated rings. The van der Waals surface area contributed by atoms with E-state index in [2.05, 4.69) is 29.8 Å². The molecule has 0 spiro atoms. The second-order valence-electron chi connectivity index (χ2n) is 5.10. The number of methoxy groups -OCH3 is 2. The van der Waals surface area contributed by atoms with Crippen molar-refractivity contribution in [2.75, 3.05) is 14.2 Å². The highest BCUT2D eigenvalue weighted by atomic mass is 79.9. The van der Waals surface area contributed by atoms with Crippen molar-refractivity contribution in [1.82, 2.24) is 0 Å². The van der Waals surface area contributed by atoms with Crippen LogP contribution in [0.3, 0.4) is 0 Å². The van der Waals surface area contributed by atoms with Gasteiger partial charge in [-0.2, -0.15) is 0 Å². The number of aliphatic carboxylic acids is 1. The van der Waals surface area contributed by atoms with Crippen molar-refractivity contribution in [2.45, 2.75) is 33.1 Å². The first kappa shape index (κ1) is 16.8. The second-order valence-corrected chi connectivity index (χ2v) is 5.95. The molecule has 0 aromatic heterocycles. The molecule has 1 aromatic carbocycles. The Morgan fingerprint density at radius 2 is 1.80 bits per heavy atom. The number of carboxylic acid groups (broad SMARTS) is 1. The van der Waals surface area contributed by atoms with Gasteiger partial charge in [0.1, 0.15) is 0 Å². The van der Waals surface area contributed by atoms with Crippen LogP contribution in [0, 0.1) is 5.92 Å². The van der Waals surface area contributed by atoms with Gasteiger partial charge in [0.2, 0.25) is 0 Å². The van der Waals surface area contributed by atoms with Gasteiger partial charge in [-0.1, -0.05) is 20.8 Å². The van der Waals surface area contributed by atoms with Crippen molar-refractivity contribution in [1.29, 1.82) is 0 Å². The fraction of sp³-hybridized carbons (Fsp3) is 0.533. The number of carbonyl (C=O) groups is 1. The van der Waals surface area contributed by atoms with Gasteiger partial charge in [-0.15, -0.1) is 0 Å². The Labute approximate surface area is 128 Å². The SMILES string of the molecule is COc1c(Br)cc(CC(C)C(=O)O)c(C(C)C)c1OC. The summed E-state index contributed by atoms with van der Waals surface area (Å²) in [6.45, 7) is 5.82. The predicted octanol–water partition coefficient (Wildman–Crippen LogP) is 3.85. The third-order valence-electron chi connectivity index (χ3n) is 3.25. The average Bonchev–Trinajstić information content (AvgIpc) is 2.36. The van der Waals surface area contributed by atoms with Gasteiger partial charge in [0.15, 0.2) is 11.5 Å². The van der Waals surface area contributed by atoms with Crippen molar-refractivity contribution in [2.24, 2.45) is 5.92 Å². The van der Waals surface area contributed by atoms with Crippen LogP contribution in [0.1, 0.15) is 37.8 Å². The van der Waals surface area contributed by atoms with E-state index in [1.54, 1.807) is 21.1 Å². The zero-order chi connectivity index (χ0) is 15.4. The van der Waals surface area contributed by atoms with E-state index in [4.69, 9.17) is 14.6 Å². The van der Waals surface area contributed by atoms with Gasteiger partial charge in [0.25, 0.3) is 0 Å². The topological polar surface area (TPSA) is 55.8 Å². The third-order valence-corrected chi connectivity index (χ3v) is 3.84. The highest BCUT2D eigenvalue weighted by Crippen LogP contribution is 2.43. The number of ether oxygens (including phenoxy) is 2. The largest absolute Gasteiger partial charge is 0.493 e. The Morgan fingerprint density at radius 1 is 1.25 bits per heavy atom. The lowest BCUT2D eigenvalue weighted by atomic mass is 9.90. The molecule has 0 aliphatic heterocycles. The molecule has 0 radical (unpaired) electrons. The minimum Gasteiger partial charge on any atom is -0.493 e. The van der Waals surface area contributed by atoms with E-state index in [9.17, 15) is 4.79 Å². The molecule has 1 unspecified atom stereocenters. The first-order valence-electron chi connectivity index (χ1n) is 6.49. The minimum absolute atomic E-state index is 0.211. The van der Waals surface area contributed by atoms with E-state index < -0.39 is 11.9 Å². The number of rotatable bonds is 6. The summed E-state index contributed by atoms with van der Waals surface area (Å²) in [4.78, 5) is 11.1. The monoisotopic (exact) mass is 344 g/mol. The Hall–Kier alpha value is -1.23. The van der Waals surface area contributed by atoms with E-state index in [1.165, 1.54) is 0 Å². The third kappa shape index (κ3) is 3.45. The van der Waals surface area contributed by atoms with E-state index in [0.29, 0.717) is 17.9 Å². The smallest absolute Gasteiger partial charge is 0.306 e. The van der Waals surface area contributed by atoms with Crippen molar-refractivity contribution in [3.05, 3.63) is 21.7 Å². The Morgan fingerprint density at radius 3 is 2.20 bits per heavy atom. The first-order chi connectivity index (χ1) is 9.33. The Balaban J connectivity index is 3.43. The van der Waals surface area contributed by atoms with Crippen molar-refractivity contribution >= 4 is 21.9 Å². The van der Waals surface area contributed by atoms with Crippen LogP contribution in [0.4, 0.5) is 0 Å². The summed E-state index contributed by atoms with van der Waals surface area (Å²) in [5.41, 5.74) is 1.97. The first-order valence-corrected chi connectivity index (χ1v) is 7.28. The van der Waals surface area contributed by atoms with Gasteiger partial charge in [-0.3, -0.25) is 4.79 Å². The van der Waals surface area contributed by atoms with E-state index >= 15 is 0 Å². The standard InChI is InChI=1S/C15H21BrO4/c1-8(2)12-10(6-9(3)15(17)18)7-11(16)13(19-4)14(12)20-5/h7-9H,6H2,1-5H3,(H,17,18). The number of halogens is 1. The molecule has 0 heterocycles. The molecule has 1 atom stereocenters. The van der Waals surface area contributed by atoms with E-state index in [1.807, 2.05) is 6.07 Å². The quantitative estimate of drug-likeness (QED) is 0.851. The molecular weight excluding hydrogens is 324 g/mol. The average molecular weight is 345 g/mol. The summed E-state index contributed by atoms with van der Waals surface area (Å²) in [7, 11) is 3.19. The zero-order valence-corrected chi connectivity index (χ0v) is 14.1. The van der Waals surface area contributed by atoms with E-state index in [-0.39, 0.29) is 5.92 Å². The Kier molecular flexibility index (Phi) is 5.87. The second kappa shape index (κ2) is 6.97. The Bertz CT molecular complexity index is 497. The van der Waals surface area contributed by atoms with Crippen LogP contribution in [0.2, 0.25) is 0 Å². The number of benzene rings is 1. The number of carboxylic acids is 1. The van der Waals surface area contributed by atoms with Gasteiger partial charge in [0, 0.05) is 5.56 Å². The maximum atomic E-state index is 11.1. The van der Waals surface area contributed by atoms with Gasteiger partial charge < -0.3 is 14.6 Å². The lowest BCUT2D eigenvalue weighted by molar-refractivity contribution is -0.141. The van der Waals surface area contributed by atoms with Crippen molar-refractivity contribution in [3.63, 3.8) is 0 Å². The summed E-state index contributed by atoms with van der Waals surface area (Å²) >= 11 is 3.46. The summed E-state index contributed by atoms with van der Waals surface area (Å²) in [6, 6.07) is 1.93. The number of hydrogen-bond acceptors (Lipinski definition) is 3. The molecule has 1 rings (SSSR count). The van der Waals surface area contributed by atoms with Crippen LogP contribution in [-0.2, 0) is 11.2 Å². The van der Waals surface area contributed by atoms with Crippen LogP contribution in [-0.4, -0.2) is 25.3 Å². The fourth-order valence-corrected chi connectivity index (χ4v) is 2.90. The lowest BCUT2D eigenvalue weighted by Crippen LogP contribution is -2.14. The van der Waals surface area contributed by atoms with Crippen LogP contribution in [0.5, 0.6) is 11.5 Å². The molecule has 20 heavy (non-hydrogen) atoms. The normalized spacial score (nSPS) is 12.3. The van der Waals surface area contributed by atoms with Gasteiger partial charge in [-0.05, 0) is 39.9 Å². The summed E-state index contributed by atoms with van der Waals surface area (Å²) in [6.07, 6.45) is 0.460. The summed E-state index contributed by atoms with van der Waals surface area (Å²) < 4.78 is 11.6. The highest BCUT2D eigenvalue weighted by Gasteiger charge is 2.23. The van der Waals surface area contributed by atoms with Gasteiger partial charge in [-0.25, -0.2) is 0 Å². The molecule has 0 amide bonds. The van der Waals surface area contributed by atoms with Gasteiger partial charge in [0.05, 0.1) is 24.6 Å². The van der Waals surface area contributed by atoms with Crippen LogP contribution >= 0.6 is 15.9 Å². The highest BCUT2D eigenvalue weighted by molar-refractivity contribution is 9.10. The molecule has 1 aromatic rings. The predicted molar refractivity (Wildman–Crippen MR) is 81.8 cm³/mol. The van der Waals surface area contributed by atoms with Crippen LogP contribution < -0.4 is 9.47 Å². The maximum absolute atomic E-state index is 11.1. The fourth-order valence-electron chi connectivity index (χ4n) is 2.28. The minimum atomic E-state index is -0.800. The molecule has 1 N–H and O–H groups in total. The molecule has 112 valence electrons. The lowest BCUT2D eigenvalue weighted by Gasteiger charge is -2.21. The molecule has 5 heteroatoms. The maximum Gasteiger partial charge on any atom is 0.306 e. The summed E-state index contributed by atoms with van der Waals surface area (Å²) in [5.74, 6) is 0.276. The molecule has 4 nitrogen and oxygen atoms in total. The summed E-state index contributed by atoms with van der Waals surface area (Å²) in [5, 5.41) is 9.10. The molecule has 0 aliphatic rings. The zero-order valence-electron chi connectivity index (χ0n) is 12.5. The molecule has 0 bridgehead atoms. The van der Waals surface area contributed by atoms with Crippen molar-refractivity contribution < 1.29 is 19.4 Å². The molecular formula is C15H21BrO4. The van der Waals surface area contributed by atoms with Crippen LogP contribution in [0.15, 0.2) is 10.5 Å². The molecule has 0 aliphatic carbocycles. The van der Waals surface area contributed by atoms with Crippen LogP contribution in [0.25, 0.3) is 0 Å². The van der Waals surface area contributed by atoms with E-state index in [0.717, 1.165) is 15.6 Å². The number of hydrogen-bond donors (Lipinski definition) is 1. The van der Waals surface area contributed by atoms with Crippen molar-refractivity contribution in [3.8, 4) is 11.5 Å².